The molecule has 0 fully saturated rings. The summed E-state index contributed by atoms with van der Waals surface area (Å²) in [5.41, 5.74) is 0.645. The number of aliphatic hydroxyl groups is 1. The topological polar surface area (TPSA) is 33.1 Å². The van der Waals surface area contributed by atoms with E-state index in [0.29, 0.717) is 5.69 Å². The van der Waals surface area contributed by atoms with Gasteiger partial charge in [0.1, 0.15) is 6.10 Å². The fourth-order valence-corrected chi connectivity index (χ4v) is 1.57. The van der Waals surface area contributed by atoms with Crippen LogP contribution in [0.4, 0.5) is 0 Å². The highest BCUT2D eigenvalue weighted by Crippen LogP contribution is 2.20. The van der Waals surface area contributed by atoms with Crippen LogP contribution < -0.4 is 0 Å². The Labute approximate surface area is 71.4 Å². The van der Waals surface area contributed by atoms with E-state index in [9.17, 15) is 0 Å². The number of thiazole rings is 1. The van der Waals surface area contributed by atoms with Crippen LogP contribution in [0, 0.1) is 0 Å². The highest BCUT2D eigenvalue weighted by molar-refractivity contribution is 9.11. The number of nitrogens with zero attached hydrogens (tertiary/aromatic N) is 1. The van der Waals surface area contributed by atoms with Gasteiger partial charge in [-0.1, -0.05) is 6.08 Å². The largest absolute Gasteiger partial charge is 0.383 e. The van der Waals surface area contributed by atoms with E-state index in [1.165, 1.54) is 17.4 Å². The SMILES string of the molecule is C=CC(O)c1csc(Br)n1. The summed E-state index contributed by atoms with van der Waals surface area (Å²) < 4.78 is 0.781. The van der Waals surface area contributed by atoms with Gasteiger partial charge >= 0.3 is 0 Å². The third-order valence-corrected chi connectivity index (χ3v) is 2.40. The first-order valence-corrected chi connectivity index (χ1v) is 4.33. The molecule has 1 aromatic rings. The van der Waals surface area contributed by atoms with Gasteiger partial charge in [-0.05, 0) is 15.9 Å². The minimum Gasteiger partial charge on any atom is -0.383 e. The molecule has 1 rings (SSSR count). The smallest absolute Gasteiger partial charge is 0.159 e. The number of aliphatic hydroxyl groups excluding tert-OH is 1. The Morgan fingerprint density at radius 2 is 2.60 bits per heavy atom. The standard InChI is InChI=1S/C6H6BrNOS/c1-2-5(9)4-3-10-6(7)8-4/h2-3,5,9H,1H2. The van der Waals surface area contributed by atoms with E-state index in [1.807, 2.05) is 0 Å². The fourth-order valence-electron chi connectivity index (χ4n) is 0.520. The summed E-state index contributed by atoms with van der Waals surface area (Å²) in [6.07, 6.45) is 0.809. The van der Waals surface area contributed by atoms with E-state index >= 15 is 0 Å². The summed E-state index contributed by atoms with van der Waals surface area (Å²) in [7, 11) is 0. The lowest BCUT2D eigenvalue weighted by atomic mass is 10.3. The second kappa shape index (κ2) is 3.27. The molecule has 1 N–H and O–H groups in total. The van der Waals surface area contributed by atoms with Crippen molar-refractivity contribution in [1.29, 1.82) is 0 Å². The molecule has 0 aromatic carbocycles. The lowest BCUT2D eigenvalue weighted by Gasteiger charge is -1.96. The molecular weight excluding hydrogens is 214 g/mol. The van der Waals surface area contributed by atoms with Crippen molar-refractivity contribution in [1.82, 2.24) is 4.98 Å². The predicted octanol–water partition coefficient (Wildman–Crippen LogP) is 2.12. The number of aromatic nitrogens is 1. The van der Waals surface area contributed by atoms with Crippen molar-refractivity contribution in [3.63, 3.8) is 0 Å². The first kappa shape index (κ1) is 7.91. The van der Waals surface area contributed by atoms with Gasteiger partial charge in [0.05, 0.1) is 5.69 Å². The zero-order chi connectivity index (χ0) is 7.56. The van der Waals surface area contributed by atoms with Crippen molar-refractivity contribution < 1.29 is 5.11 Å². The summed E-state index contributed by atoms with van der Waals surface area (Å²) in [4.78, 5) is 4.00. The van der Waals surface area contributed by atoms with Crippen molar-refractivity contribution in [3.8, 4) is 0 Å². The van der Waals surface area contributed by atoms with Crippen LogP contribution in [0.2, 0.25) is 0 Å². The predicted molar refractivity (Wildman–Crippen MR) is 45.0 cm³/mol. The van der Waals surface area contributed by atoms with Crippen molar-refractivity contribution in [2.45, 2.75) is 6.10 Å². The molecule has 10 heavy (non-hydrogen) atoms. The van der Waals surface area contributed by atoms with Gasteiger partial charge in [-0.3, -0.25) is 0 Å². The summed E-state index contributed by atoms with van der Waals surface area (Å²) >= 11 is 4.64. The minimum absolute atomic E-state index is 0.637. The highest BCUT2D eigenvalue weighted by Gasteiger charge is 2.05. The number of hydrogen-bond donors (Lipinski definition) is 1. The van der Waals surface area contributed by atoms with Crippen molar-refractivity contribution in [3.05, 3.63) is 27.6 Å². The van der Waals surface area contributed by atoms with Crippen molar-refractivity contribution >= 4 is 27.3 Å². The Morgan fingerprint density at radius 1 is 1.90 bits per heavy atom. The normalized spacial score (nSPS) is 13.0. The van der Waals surface area contributed by atoms with E-state index in [-0.39, 0.29) is 0 Å². The summed E-state index contributed by atoms with van der Waals surface area (Å²) in [6.45, 7) is 3.45. The van der Waals surface area contributed by atoms with Crippen molar-refractivity contribution in [2.75, 3.05) is 0 Å². The zero-order valence-corrected chi connectivity index (χ0v) is 7.52. The molecular formula is C6H6BrNOS. The molecule has 2 nitrogen and oxygen atoms in total. The Hall–Kier alpha value is -0.190. The third-order valence-electron chi connectivity index (χ3n) is 1.02. The van der Waals surface area contributed by atoms with Crippen LogP contribution in [-0.2, 0) is 0 Å². The van der Waals surface area contributed by atoms with E-state index in [2.05, 4.69) is 27.5 Å². The van der Waals surface area contributed by atoms with Gasteiger partial charge in [0.15, 0.2) is 3.92 Å². The lowest BCUT2D eigenvalue weighted by molar-refractivity contribution is 0.224. The quantitative estimate of drug-likeness (QED) is 0.774. The molecule has 1 aromatic heterocycles. The van der Waals surface area contributed by atoms with Gasteiger partial charge in [0.25, 0.3) is 0 Å². The van der Waals surface area contributed by atoms with Crippen LogP contribution in [0.5, 0.6) is 0 Å². The molecule has 0 spiro atoms. The molecule has 0 aliphatic heterocycles. The molecule has 1 atom stereocenters. The molecule has 0 aliphatic carbocycles. The maximum atomic E-state index is 9.15. The minimum atomic E-state index is -0.637. The van der Waals surface area contributed by atoms with Gasteiger partial charge in [-0.2, -0.15) is 0 Å². The zero-order valence-electron chi connectivity index (χ0n) is 5.12. The van der Waals surface area contributed by atoms with Gasteiger partial charge in [-0.15, -0.1) is 17.9 Å². The van der Waals surface area contributed by atoms with Crippen molar-refractivity contribution in [2.24, 2.45) is 0 Å². The Bertz CT molecular complexity index is 235. The molecule has 1 unspecified atom stereocenters. The Morgan fingerprint density at radius 3 is 3.00 bits per heavy atom. The summed E-state index contributed by atoms with van der Waals surface area (Å²) in [6, 6.07) is 0. The van der Waals surface area contributed by atoms with Gasteiger partial charge in [0.2, 0.25) is 0 Å². The second-order valence-electron chi connectivity index (χ2n) is 1.71. The maximum absolute atomic E-state index is 9.15. The average Bonchev–Trinajstić information content (AvgIpc) is 2.34. The molecule has 0 saturated carbocycles. The molecule has 4 heteroatoms. The van der Waals surface area contributed by atoms with Crippen LogP contribution in [0.3, 0.4) is 0 Å². The first-order chi connectivity index (χ1) is 4.74. The third kappa shape index (κ3) is 1.65. The molecule has 0 amide bonds. The molecule has 1 heterocycles. The van der Waals surface area contributed by atoms with E-state index in [4.69, 9.17) is 5.11 Å². The second-order valence-corrected chi connectivity index (χ2v) is 3.84. The number of hydrogen-bond acceptors (Lipinski definition) is 3. The molecule has 0 bridgehead atoms. The Kier molecular flexibility index (Phi) is 2.59. The van der Waals surface area contributed by atoms with E-state index in [0.717, 1.165) is 3.92 Å². The number of rotatable bonds is 2. The van der Waals surface area contributed by atoms with Crippen LogP contribution >= 0.6 is 27.3 Å². The van der Waals surface area contributed by atoms with Crippen LogP contribution in [0.25, 0.3) is 0 Å². The summed E-state index contributed by atoms with van der Waals surface area (Å²) in [5, 5.41) is 10.9. The van der Waals surface area contributed by atoms with E-state index < -0.39 is 6.10 Å². The monoisotopic (exact) mass is 219 g/mol. The first-order valence-electron chi connectivity index (χ1n) is 2.65. The van der Waals surface area contributed by atoms with Gasteiger partial charge < -0.3 is 5.11 Å². The average molecular weight is 220 g/mol. The molecule has 0 aliphatic rings. The molecule has 54 valence electrons. The highest BCUT2D eigenvalue weighted by atomic mass is 79.9. The van der Waals surface area contributed by atoms with Gasteiger partial charge in [-0.25, -0.2) is 4.98 Å². The van der Waals surface area contributed by atoms with Crippen LogP contribution in [0.1, 0.15) is 11.8 Å². The van der Waals surface area contributed by atoms with Gasteiger partial charge in [0, 0.05) is 5.38 Å². The number of halogens is 1. The fraction of sp³-hybridized carbons (Fsp3) is 0.167. The van der Waals surface area contributed by atoms with E-state index in [1.54, 1.807) is 5.38 Å². The molecule has 0 radical (unpaired) electrons. The van der Waals surface area contributed by atoms with Crippen LogP contribution in [0.15, 0.2) is 22.0 Å². The molecule has 0 saturated heterocycles. The Balaban J connectivity index is 2.84. The maximum Gasteiger partial charge on any atom is 0.159 e. The summed E-state index contributed by atoms with van der Waals surface area (Å²) in [5.74, 6) is 0. The lowest BCUT2D eigenvalue weighted by Crippen LogP contribution is -1.91. The van der Waals surface area contributed by atoms with Crippen LogP contribution in [-0.4, -0.2) is 10.1 Å².